The molecule has 25 heavy (non-hydrogen) atoms. The lowest BCUT2D eigenvalue weighted by Gasteiger charge is -2.11. The lowest BCUT2D eigenvalue weighted by atomic mass is 9.92. The van der Waals surface area contributed by atoms with Crippen molar-refractivity contribution in [3.8, 4) is 11.1 Å². The molecule has 0 saturated heterocycles. The van der Waals surface area contributed by atoms with E-state index in [2.05, 4.69) is 0 Å². The van der Waals surface area contributed by atoms with Gasteiger partial charge in [0.1, 0.15) is 0 Å². The van der Waals surface area contributed by atoms with E-state index in [0.717, 1.165) is 24.3 Å². The third kappa shape index (κ3) is 3.79. The number of carbonyl (C=O) groups is 4. The highest BCUT2D eigenvalue weighted by Crippen LogP contribution is 2.29. The quantitative estimate of drug-likeness (QED) is 0.624. The lowest BCUT2D eigenvalue weighted by Crippen LogP contribution is -2.08. The van der Waals surface area contributed by atoms with Gasteiger partial charge in [-0.3, -0.25) is 0 Å². The second-order valence-electron chi connectivity index (χ2n) is 4.74. The maximum Gasteiger partial charge on any atom is 0.336 e. The third-order valence-electron chi connectivity index (χ3n) is 3.28. The molecule has 0 aliphatic heterocycles. The van der Waals surface area contributed by atoms with Crippen molar-refractivity contribution in [3.63, 3.8) is 0 Å². The first kappa shape index (κ1) is 19.3. The fraction of sp³-hybridized carbons (Fsp3) is 0. The fourth-order valence-electron chi connectivity index (χ4n) is 2.18. The van der Waals surface area contributed by atoms with Crippen molar-refractivity contribution in [1.82, 2.24) is 0 Å². The van der Waals surface area contributed by atoms with Gasteiger partial charge in [-0.1, -0.05) is 12.1 Å². The SMILES string of the molecule is O.O=C(O)c1ccc(-c2ccc(C(=O)O)cc2C(=O)O)c(C(=O)O)c1. The Morgan fingerprint density at radius 2 is 0.880 bits per heavy atom. The van der Waals surface area contributed by atoms with E-state index >= 15 is 0 Å². The zero-order valence-corrected chi connectivity index (χ0v) is 12.4. The standard InChI is InChI=1S/C16H10O8.H2O/c17-13(18)7-1-3-9(11(5-7)15(21)22)10-4-2-8(14(19)20)6-12(10)16(23)24;/h1-6H,(H,17,18)(H,19,20)(H,21,22)(H,23,24);1H2. The number of carboxylic acid groups (broad SMARTS) is 4. The Morgan fingerprint density at radius 3 is 1.12 bits per heavy atom. The predicted octanol–water partition coefficient (Wildman–Crippen LogP) is 1.32. The summed E-state index contributed by atoms with van der Waals surface area (Å²) in [5.74, 6) is -5.54. The summed E-state index contributed by atoms with van der Waals surface area (Å²) in [6.07, 6.45) is 0. The molecule has 0 saturated carbocycles. The van der Waals surface area contributed by atoms with Crippen LogP contribution in [0.3, 0.4) is 0 Å². The van der Waals surface area contributed by atoms with Crippen LogP contribution in [0.25, 0.3) is 11.1 Å². The van der Waals surface area contributed by atoms with Gasteiger partial charge < -0.3 is 25.9 Å². The molecule has 0 bridgehead atoms. The molecule has 2 aromatic carbocycles. The monoisotopic (exact) mass is 348 g/mol. The average molecular weight is 348 g/mol. The van der Waals surface area contributed by atoms with E-state index in [1.807, 2.05) is 0 Å². The van der Waals surface area contributed by atoms with E-state index in [-0.39, 0.29) is 27.7 Å². The number of carboxylic acids is 4. The number of aromatic carboxylic acids is 4. The summed E-state index contributed by atoms with van der Waals surface area (Å²) in [5, 5.41) is 36.4. The zero-order chi connectivity index (χ0) is 18.0. The van der Waals surface area contributed by atoms with Crippen molar-refractivity contribution in [1.29, 1.82) is 0 Å². The first-order chi connectivity index (χ1) is 11.2. The molecule has 130 valence electrons. The molecular formula is C16H12O9. The molecule has 0 aromatic heterocycles. The molecule has 0 aliphatic carbocycles. The van der Waals surface area contributed by atoms with Gasteiger partial charge in [-0.25, -0.2) is 19.2 Å². The van der Waals surface area contributed by atoms with Gasteiger partial charge >= 0.3 is 23.9 Å². The maximum atomic E-state index is 11.4. The first-order valence-electron chi connectivity index (χ1n) is 6.44. The van der Waals surface area contributed by atoms with E-state index in [0.29, 0.717) is 0 Å². The molecular weight excluding hydrogens is 336 g/mol. The summed E-state index contributed by atoms with van der Waals surface area (Å²) in [7, 11) is 0. The van der Waals surface area contributed by atoms with E-state index in [4.69, 9.17) is 10.2 Å². The minimum absolute atomic E-state index is 0. The summed E-state index contributed by atoms with van der Waals surface area (Å²) in [6, 6.07) is 6.46. The largest absolute Gasteiger partial charge is 0.478 e. The van der Waals surface area contributed by atoms with E-state index in [1.165, 1.54) is 12.1 Å². The van der Waals surface area contributed by atoms with Gasteiger partial charge in [0.2, 0.25) is 0 Å². The number of rotatable bonds is 5. The molecule has 9 heteroatoms. The van der Waals surface area contributed by atoms with Crippen molar-refractivity contribution < 1.29 is 45.1 Å². The molecule has 9 nitrogen and oxygen atoms in total. The van der Waals surface area contributed by atoms with E-state index < -0.39 is 35.0 Å². The zero-order valence-electron chi connectivity index (χ0n) is 12.4. The Morgan fingerprint density at radius 1 is 0.560 bits per heavy atom. The van der Waals surface area contributed by atoms with Crippen LogP contribution in [0.5, 0.6) is 0 Å². The Balaban J connectivity index is 0.00000312. The number of benzene rings is 2. The van der Waals surface area contributed by atoms with Crippen LogP contribution < -0.4 is 0 Å². The van der Waals surface area contributed by atoms with Gasteiger partial charge in [0.15, 0.2) is 0 Å². The molecule has 0 spiro atoms. The number of hydrogen-bond donors (Lipinski definition) is 4. The van der Waals surface area contributed by atoms with Gasteiger partial charge in [0.25, 0.3) is 0 Å². The first-order valence-corrected chi connectivity index (χ1v) is 6.44. The third-order valence-corrected chi connectivity index (χ3v) is 3.28. The topological polar surface area (TPSA) is 181 Å². The van der Waals surface area contributed by atoms with Crippen LogP contribution >= 0.6 is 0 Å². The normalized spacial score (nSPS) is 9.76. The van der Waals surface area contributed by atoms with Crippen LogP contribution in [0.1, 0.15) is 41.4 Å². The summed E-state index contributed by atoms with van der Waals surface area (Å²) in [5.41, 5.74) is -1.39. The van der Waals surface area contributed by atoms with Gasteiger partial charge in [-0.2, -0.15) is 0 Å². The van der Waals surface area contributed by atoms with Gasteiger partial charge in [-0.05, 0) is 35.4 Å². The van der Waals surface area contributed by atoms with Crippen LogP contribution in [0.2, 0.25) is 0 Å². The average Bonchev–Trinajstić information content (AvgIpc) is 2.53. The molecule has 0 radical (unpaired) electrons. The Labute approximate surface area is 139 Å². The van der Waals surface area contributed by atoms with Crippen LogP contribution in [0, 0.1) is 0 Å². The molecule has 2 rings (SSSR count). The maximum absolute atomic E-state index is 11.4. The minimum Gasteiger partial charge on any atom is -0.478 e. The Bertz CT molecular complexity index is 810. The van der Waals surface area contributed by atoms with Crippen LogP contribution in [-0.2, 0) is 0 Å². The van der Waals surface area contributed by atoms with Crippen molar-refractivity contribution in [2.45, 2.75) is 0 Å². The van der Waals surface area contributed by atoms with Gasteiger partial charge in [0.05, 0.1) is 22.3 Å². The molecule has 0 aliphatic rings. The Kier molecular flexibility index (Phi) is 5.59. The molecule has 0 amide bonds. The minimum atomic E-state index is -1.44. The predicted molar refractivity (Wildman–Crippen MR) is 83.3 cm³/mol. The van der Waals surface area contributed by atoms with Gasteiger partial charge in [0, 0.05) is 0 Å². The second-order valence-corrected chi connectivity index (χ2v) is 4.74. The molecule has 2 aromatic rings. The smallest absolute Gasteiger partial charge is 0.336 e. The van der Waals surface area contributed by atoms with Crippen molar-refractivity contribution >= 4 is 23.9 Å². The number of hydrogen-bond acceptors (Lipinski definition) is 4. The van der Waals surface area contributed by atoms with E-state index in [9.17, 15) is 29.4 Å². The summed E-state index contributed by atoms with van der Waals surface area (Å²) >= 11 is 0. The van der Waals surface area contributed by atoms with Crippen molar-refractivity contribution in [3.05, 3.63) is 58.7 Å². The van der Waals surface area contributed by atoms with Crippen LogP contribution in [0.4, 0.5) is 0 Å². The summed E-state index contributed by atoms with van der Waals surface area (Å²) < 4.78 is 0. The fourth-order valence-corrected chi connectivity index (χ4v) is 2.18. The van der Waals surface area contributed by atoms with Crippen molar-refractivity contribution in [2.24, 2.45) is 0 Å². The van der Waals surface area contributed by atoms with E-state index in [1.54, 1.807) is 0 Å². The highest BCUT2D eigenvalue weighted by molar-refractivity contribution is 6.05. The van der Waals surface area contributed by atoms with Crippen LogP contribution in [-0.4, -0.2) is 49.8 Å². The molecule has 0 heterocycles. The van der Waals surface area contributed by atoms with Gasteiger partial charge in [-0.15, -0.1) is 0 Å². The Hall–Kier alpha value is -3.72. The molecule has 0 unspecified atom stereocenters. The summed E-state index contributed by atoms with van der Waals surface area (Å²) in [4.78, 5) is 44.7. The lowest BCUT2D eigenvalue weighted by molar-refractivity contribution is 0.0675. The highest BCUT2D eigenvalue weighted by atomic mass is 16.4. The molecule has 0 fully saturated rings. The van der Waals surface area contributed by atoms with Crippen LogP contribution in [0.15, 0.2) is 36.4 Å². The molecule has 0 atom stereocenters. The highest BCUT2D eigenvalue weighted by Gasteiger charge is 2.21. The second kappa shape index (κ2) is 7.23. The van der Waals surface area contributed by atoms with Crippen molar-refractivity contribution in [2.75, 3.05) is 0 Å². The molecule has 6 N–H and O–H groups in total. The summed E-state index contributed by atoms with van der Waals surface area (Å²) in [6.45, 7) is 0.